The van der Waals surface area contributed by atoms with E-state index < -0.39 is 0 Å². The molecule has 5 nitrogen and oxygen atoms in total. The smallest absolute Gasteiger partial charge is 0.258 e. The second-order valence-corrected chi connectivity index (χ2v) is 5.77. The van der Waals surface area contributed by atoms with E-state index in [4.69, 9.17) is 4.42 Å². The number of fused-ring (bicyclic) bond motifs is 1. The van der Waals surface area contributed by atoms with E-state index in [1.54, 1.807) is 17.4 Å². The van der Waals surface area contributed by atoms with Gasteiger partial charge in [-0.15, -0.1) is 0 Å². The van der Waals surface area contributed by atoms with E-state index in [0.717, 1.165) is 17.1 Å². The molecule has 1 aliphatic heterocycles. The Hall–Kier alpha value is -3.08. The maximum Gasteiger partial charge on any atom is 0.258 e. The van der Waals surface area contributed by atoms with E-state index >= 15 is 0 Å². The molecule has 3 heterocycles. The zero-order valence-corrected chi connectivity index (χ0v) is 13.3. The standard InChI is InChI=1S/C19H17N3O2/c1-21-17-10-3-2-8-15(17)19(23)22(13-14-7-6-12-24-14)18(21)16-9-4-5-11-20-16/h2-12,18H,13H2,1H3. The van der Waals surface area contributed by atoms with Crippen LogP contribution in [0.3, 0.4) is 0 Å². The largest absolute Gasteiger partial charge is 0.467 e. The molecule has 1 amide bonds. The number of amides is 1. The molecule has 1 atom stereocenters. The first-order valence-corrected chi connectivity index (χ1v) is 7.82. The van der Waals surface area contributed by atoms with Crippen LogP contribution >= 0.6 is 0 Å². The Kier molecular flexibility index (Phi) is 3.54. The number of anilines is 1. The lowest BCUT2D eigenvalue weighted by molar-refractivity contribution is 0.0614. The highest BCUT2D eigenvalue weighted by Crippen LogP contribution is 2.37. The third kappa shape index (κ3) is 2.34. The molecule has 2 aromatic heterocycles. The normalized spacial score (nSPS) is 17.0. The minimum atomic E-state index is -0.279. The number of carbonyl (C=O) groups excluding carboxylic acids is 1. The first kappa shape index (κ1) is 14.5. The van der Waals surface area contributed by atoms with Gasteiger partial charge in [-0.2, -0.15) is 0 Å². The SMILES string of the molecule is CN1c2ccccc2C(=O)N(Cc2ccco2)C1c1ccccn1. The molecule has 1 aromatic carbocycles. The molecule has 1 aliphatic rings. The fraction of sp³-hybridized carbons (Fsp3) is 0.158. The maximum absolute atomic E-state index is 13.1. The van der Waals surface area contributed by atoms with Crippen molar-refractivity contribution in [2.75, 3.05) is 11.9 Å². The average molecular weight is 319 g/mol. The van der Waals surface area contributed by atoms with Crippen LogP contribution in [0.4, 0.5) is 5.69 Å². The van der Waals surface area contributed by atoms with Crippen molar-refractivity contribution >= 4 is 11.6 Å². The van der Waals surface area contributed by atoms with Crippen LogP contribution in [-0.4, -0.2) is 22.8 Å². The Bertz CT molecular complexity index is 846. The molecule has 0 saturated carbocycles. The summed E-state index contributed by atoms with van der Waals surface area (Å²) >= 11 is 0. The van der Waals surface area contributed by atoms with Crippen molar-refractivity contribution in [3.63, 3.8) is 0 Å². The van der Waals surface area contributed by atoms with Crippen molar-refractivity contribution in [1.29, 1.82) is 0 Å². The van der Waals surface area contributed by atoms with Gasteiger partial charge in [-0.1, -0.05) is 18.2 Å². The Balaban J connectivity index is 1.82. The van der Waals surface area contributed by atoms with Crippen LogP contribution < -0.4 is 4.90 Å². The number of hydrogen-bond acceptors (Lipinski definition) is 4. The second-order valence-electron chi connectivity index (χ2n) is 5.77. The van der Waals surface area contributed by atoms with Gasteiger partial charge in [0, 0.05) is 13.2 Å². The highest BCUT2D eigenvalue weighted by molar-refractivity contribution is 6.01. The molecule has 0 fully saturated rings. The van der Waals surface area contributed by atoms with Crippen LogP contribution in [0.25, 0.3) is 0 Å². The Labute approximate surface area is 140 Å². The lowest BCUT2D eigenvalue weighted by Crippen LogP contribution is -2.47. The number of para-hydroxylation sites is 1. The lowest BCUT2D eigenvalue weighted by atomic mass is 10.0. The third-order valence-corrected chi connectivity index (χ3v) is 4.30. The van der Waals surface area contributed by atoms with Crippen LogP contribution in [0.2, 0.25) is 0 Å². The molecule has 3 aromatic rings. The molecule has 0 aliphatic carbocycles. The van der Waals surface area contributed by atoms with Gasteiger partial charge in [0.25, 0.3) is 5.91 Å². The molecule has 0 spiro atoms. The number of hydrogen-bond donors (Lipinski definition) is 0. The number of rotatable bonds is 3. The summed E-state index contributed by atoms with van der Waals surface area (Å²) in [6, 6.07) is 17.1. The molecular weight excluding hydrogens is 302 g/mol. The number of benzene rings is 1. The summed E-state index contributed by atoms with van der Waals surface area (Å²) in [5.41, 5.74) is 2.43. The molecule has 120 valence electrons. The average Bonchev–Trinajstić information content (AvgIpc) is 3.14. The fourth-order valence-electron chi connectivity index (χ4n) is 3.18. The van der Waals surface area contributed by atoms with Crippen molar-refractivity contribution < 1.29 is 9.21 Å². The Morgan fingerprint density at radius 3 is 2.67 bits per heavy atom. The molecule has 0 radical (unpaired) electrons. The molecule has 5 heteroatoms. The fourth-order valence-corrected chi connectivity index (χ4v) is 3.18. The van der Waals surface area contributed by atoms with Crippen LogP contribution in [0.15, 0.2) is 71.5 Å². The number of aromatic nitrogens is 1. The predicted molar refractivity (Wildman–Crippen MR) is 90.4 cm³/mol. The van der Waals surface area contributed by atoms with Gasteiger partial charge in [0.1, 0.15) is 11.9 Å². The van der Waals surface area contributed by atoms with Gasteiger partial charge in [0.15, 0.2) is 0 Å². The van der Waals surface area contributed by atoms with Gasteiger partial charge in [0.2, 0.25) is 0 Å². The quantitative estimate of drug-likeness (QED) is 0.742. The monoisotopic (exact) mass is 319 g/mol. The summed E-state index contributed by atoms with van der Waals surface area (Å²) in [4.78, 5) is 21.5. The molecule has 0 saturated heterocycles. The zero-order chi connectivity index (χ0) is 16.5. The summed E-state index contributed by atoms with van der Waals surface area (Å²) in [5.74, 6) is 0.729. The topological polar surface area (TPSA) is 49.6 Å². The van der Waals surface area contributed by atoms with E-state index in [2.05, 4.69) is 9.88 Å². The van der Waals surface area contributed by atoms with Gasteiger partial charge in [-0.05, 0) is 36.4 Å². The van der Waals surface area contributed by atoms with Crippen LogP contribution in [0, 0.1) is 0 Å². The van der Waals surface area contributed by atoms with Gasteiger partial charge < -0.3 is 14.2 Å². The number of pyridine rings is 1. The van der Waals surface area contributed by atoms with Crippen LogP contribution in [-0.2, 0) is 6.54 Å². The number of nitrogens with zero attached hydrogens (tertiary/aromatic N) is 3. The van der Waals surface area contributed by atoms with Gasteiger partial charge in [-0.3, -0.25) is 9.78 Å². The molecule has 1 unspecified atom stereocenters. The van der Waals surface area contributed by atoms with Gasteiger partial charge >= 0.3 is 0 Å². The summed E-state index contributed by atoms with van der Waals surface area (Å²) < 4.78 is 5.46. The number of furan rings is 1. The molecule has 0 bridgehead atoms. The third-order valence-electron chi connectivity index (χ3n) is 4.30. The number of carbonyl (C=O) groups is 1. The van der Waals surface area contributed by atoms with Gasteiger partial charge in [0.05, 0.1) is 29.8 Å². The molecule has 0 N–H and O–H groups in total. The summed E-state index contributed by atoms with van der Waals surface area (Å²) in [6.45, 7) is 0.395. The summed E-state index contributed by atoms with van der Waals surface area (Å²) in [6.07, 6.45) is 3.09. The second kappa shape index (κ2) is 5.85. The molecule has 4 rings (SSSR count). The van der Waals surface area contributed by atoms with Crippen molar-refractivity contribution in [1.82, 2.24) is 9.88 Å². The van der Waals surface area contributed by atoms with Crippen molar-refractivity contribution in [2.24, 2.45) is 0 Å². The molecule has 24 heavy (non-hydrogen) atoms. The van der Waals surface area contributed by atoms with Crippen molar-refractivity contribution in [3.8, 4) is 0 Å². The van der Waals surface area contributed by atoms with E-state index in [-0.39, 0.29) is 12.1 Å². The van der Waals surface area contributed by atoms with Crippen LogP contribution in [0.5, 0.6) is 0 Å². The minimum Gasteiger partial charge on any atom is -0.467 e. The predicted octanol–water partition coefficient (Wildman–Crippen LogP) is 3.47. The van der Waals surface area contributed by atoms with E-state index in [1.807, 2.05) is 61.6 Å². The van der Waals surface area contributed by atoms with E-state index in [9.17, 15) is 4.79 Å². The van der Waals surface area contributed by atoms with E-state index in [0.29, 0.717) is 12.1 Å². The van der Waals surface area contributed by atoms with Crippen molar-refractivity contribution in [2.45, 2.75) is 12.7 Å². The first-order valence-electron chi connectivity index (χ1n) is 7.82. The van der Waals surface area contributed by atoms with Crippen molar-refractivity contribution in [3.05, 3.63) is 84.1 Å². The summed E-state index contributed by atoms with van der Waals surface area (Å²) in [5, 5.41) is 0. The van der Waals surface area contributed by atoms with E-state index in [1.165, 1.54) is 0 Å². The maximum atomic E-state index is 13.1. The summed E-state index contributed by atoms with van der Waals surface area (Å²) in [7, 11) is 1.99. The minimum absolute atomic E-state index is 0.0178. The molecular formula is C19H17N3O2. The Morgan fingerprint density at radius 1 is 1.08 bits per heavy atom. The highest BCUT2D eigenvalue weighted by Gasteiger charge is 2.37. The lowest BCUT2D eigenvalue weighted by Gasteiger charge is -2.43. The van der Waals surface area contributed by atoms with Crippen LogP contribution in [0.1, 0.15) is 28.0 Å². The van der Waals surface area contributed by atoms with Gasteiger partial charge in [-0.25, -0.2) is 0 Å². The highest BCUT2D eigenvalue weighted by atomic mass is 16.3. The first-order chi connectivity index (χ1) is 11.8. The Morgan fingerprint density at radius 2 is 1.92 bits per heavy atom. The zero-order valence-electron chi connectivity index (χ0n) is 13.3.